The topological polar surface area (TPSA) is 95.7 Å². The van der Waals surface area contributed by atoms with Crippen LogP contribution >= 0.6 is 11.6 Å². The smallest absolute Gasteiger partial charge is 0.387 e. The van der Waals surface area contributed by atoms with Crippen molar-refractivity contribution < 1.29 is 27.8 Å². The minimum Gasteiger partial charge on any atom is -0.469 e. The van der Waals surface area contributed by atoms with Crippen molar-refractivity contribution in [2.45, 2.75) is 19.6 Å². The second kappa shape index (κ2) is 10.6. The number of pyridine rings is 1. The molecule has 0 bridgehead atoms. The van der Waals surface area contributed by atoms with Crippen LogP contribution in [-0.2, 0) is 22.5 Å². The molecule has 0 saturated carbocycles. The van der Waals surface area contributed by atoms with Crippen molar-refractivity contribution in [3.63, 3.8) is 0 Å². The number of carbonyl (C=O) groups is 1. The Hall–Kier alpha value is -3.59. The average molecular weight is 464 g/mol. The predicted molar refractivity (Wildman–Crippen MR) is 116 cm³/mol. The molecule has 0 atom stereocenters. The van der Waals surface area contributed by atoms with Gasteiger partial charge < -0.3 is 25.3 Å². The molecule has 0 aliphatic carbocycles. The van der Waals surface area contributed by atoms with Crippen LogP contribution in [0.25, 0.3) is 0 Å². The van der Waals surface area contributed by atoms with E-state index in [-0.39, 0.29) is 24.5 Å². The van der Waals surface area contributed by atoms with Crippen molar-refractivity contribution in [1.82, 2.24) is 4.98 Å². The molecular formula is C22H20ClF2N3O4. The lowest BCUT2D eigenvalue weighted by Gasteiger charge is -2.18. The number of nitrogens with one attached hydrogen (secondary N) is 1. The van der Waals surface area contributed by atoms with Gasteiger partial charge in [-0.15, -0.1) is 0 Å². The summed E-state index contributed by atoms with van der Waals surface area (Å²) in [6.45, 7) is -2.99. The van der Waals surface area contributed by atoms with E-state index in [2.05, 4.69) is 15.0 Å². The van der Waals surface area contributed by atoms with Gasteiger partial charge in [-0.25, -0.2) is 0 Å². The summed E-state index contributed by atoms with van der Waals surface area (Å²) in [6.07, 6.45) is 2.89. The molecular weight excluding hydrogens is 444 g/mol. The van der Waals surface area contributed by atoms with E-state index in [0.29, 0.717) is 33.3 Å². The van der Waals surface area contributed by atoms with E-state index in [1.165, 1.54) is 31.6 Å². The fourth-order valence-corrected chi connectivity index (χ4v) is 3.05. The Balaban J connectivity index is 1.94. The number of esters is 1. The number of halogens is 3. The third-order valence-electron chi connectivity index (χ3n) is 4.42. The summed E-state index contributed by atoms with van der Waals surface area (Å²) in [4.78, 5) is 15.7. The van der Waals surface area contributed by atoms with Gasteiger partial charge in [0.25, 0.3) is 0 Å². The van der Waals surface area contributed by atoms with Gasteiger partial charge in [-0.2, -0.15) is 8.78 Å². The zero-order chi connectivity index (χ0) is 23.1. The van der Waals surface area contributed by atoms with E-state index in [4.69, 9.17) is 26.8 Å². The van der Waals surface area contributed by atoms with Crippen molar-refractivity contribution in [2.24, 2.45) is 0 Å². The third-order valence-corrected chi connectivity index (χ3v) is 4.65. The van der Waals surface area contributed by atoms with E-state index in [1.807, 2.05) is 0 Å². The summed E-state index contributed by atoms with van der Waals surface area (Å²) in [7, 11) is 1.27. The number of hydrogen-bond acceptors (Lipinski definition) is 7. The number of nitrogens with zero attached hydrogens (tertiary/aromatic N) is 1. The van der Waals surface area contributed by atoms with Crippen LogP contribution in [-0.4, -0.2) is 24.7 Å². The van der Waals surface area contributed by atoms with Crippen LogP contribution in [0.15, 0.2) is 54.9 Å². The van der Waals surface area contributed by atoms with Crippen LogP contribution in [0.3, 0.4) is 0 Å². The molecule has 0 aliphatic heterocycles. The highest BCUT2D eigenvalue weighted by molar-refractivity contribution is 6.31. The van der Waals surface area contributed by atoms with Crippen LogP contribution < -0.4 is 20.5 Å². The standard InChI is InChI=1S/C22H20ClF2N3O4/c1-30-21(29)9-13-11-27-8-7-18(13)31-19-3-2-4-20(32-22(24)25)15(19)12-28-17-10-14(23)5-6-16(17)26/h2-8,10-11,22,28H,9,12,26H2,1H3. The molecule has 3 N–H and O–H groups in total. The molecule has 0 fully saturated rings. The van der Waals surface area contributed by atoms with Crippen LogP contribution in [0.4, 0.5) is 20.2 Å². The molecule has 10 heteroatoms. The van der Waals surface area contributed by atoms with Crippen LogP contribution in [0.2, 0.25) is 5.02 Å². The Morgan fingerprint density at radius 1 is 1.19 bits per heavy atom. The van der Waals surface area contributed by atoms with Crippen LogP contribution in [0.1, 0.15) is 11.1 Å². The highest BCUT2D eigenvalue weighted by atomic mass is 35.5. The number of benzene rings is 2. The number of carbonyl (C=O) groups excluding carboxylic acids is 1. The third kappa shape index (κ3) is 5.98. The zero-order valence-electron chi connectivity index (χ0n) is 17.0. The largest absolute Gasteiger partial charge is 0.469 e. The maximum absolute atomic E-state index is 13.0. The van der Waals surface area contributed by atoms with Gasteiger partial charge in [0.15, 0.2) is 0 Å². The molecule has 3 rings (SSSR count). The van der Waals surface area contributed by atoms with E-state index in [0.717, 1.165) is 0 Å². The Labute approximate surface area is 188 Å². The SMILES string of the molecule is COC(=O)Cc1cnccc1Oc1cccc(OC(F)F)c1CNc1cc(Cl)ccc1N. The number of alkyl halides is 2. The number of aromatic nitrogens is 1. The molecule has 7 nitrogen and oxygen atoms in total. The average Bonchev–Trinajstić information content (AvgIpc) is 2.76. The van der Waals surface area contributed by atoms with E-state index in [1.54, 1.807) is 30.3 Å². The maximum atomic E-state index is 13.0. The highest BCUT2D eigenvalue weighted by Gasteiger charge is 2.18. The van der Waals surface area contributed by atoms with Gasteiger partial charge in [-0.3, -0.25) is 9.78 Å². The fraction of sp³-hybridized carbons (Fsp3) is 0.182. The molecule has 0 amide bonds. The van der Waals surface area contributed by atoms with Crippen molar-refractivity contribution in [1.29, 1.82) is 0 Å². The Kier molecular flexibility index (Phi) is 7.67. The number of hydrogen-bond donors (Lipinski definition) is 2. The van der Waals surface area contributed by atoms with Crippen molar-refractivity contribution in [3.8, 4) is 17.2 Å². The lowest BCUT2D eigenvalue weighted by Crippen LogP contribution is -2.10. The first-order valence-corrected chi connectivity index (χ1v) is 9.78. The lowest BCUT2D eigenvalue weighted by atomic mass is 10.1. The first kappa shape index (κ1) is 23.1. The number of rotatable bonds is 9. The summed E-state index contributed by atoms with van der Waals surface area (Å²) < 4.78 is 41.4. The van der Waals surface area contributed by atoms with Gasteiger partial charge in [-0.1, -0.05) is 17.7 Å². The molecule has 1 aromatic heterocycles. The quantitative estimate of drug-likeness (QED) is 0.339. The Morgan fingerprint density at radius 2 is 1.97 bits per heavy atom. The molecule has 3 aromatic rings. The summed E-state index contributed by atoms with van der Waals surface area (Å²) >= 11 is 6.02. The summed E-state index contributed by atoms with van der Waals surface area (Å²) in [6, 6.07) is 11.0. The monoisotopic (exact) mass is 463 g/mol. The van der Waals surface area contributed by atoms with Gasteiger partial charge in [0.05, 0.1) is 30.5 Å². The van der Waals surface area contributed by atoms with Crippen LogP contribution in [0, 0.1) is 0 Å². The lowest BCUT2D eigenvalue weighted by molar-refractivity contribution is -0.139. The number of ether oxygens (including phenoxy) is 3. The minimum atomic E-state index is -3.03. The van der Waals surface area contributed by atoms with Gasteiger partial charge in [-0.05, 0) is 36.4 Å². The summed E-state index contributed by atoms with van der Waals surface area (Å²) in [5.41, 5.74) is 7.69. The van der Waals surface area contributed by atoms with E-state index in [9.17, 15) is 13.6 Å². The van der Waals surface area contributed by atoms with Gasteiger partial charge in [0.1, 0.15) is 17.2 Å². The van der Waals surface area contributed by atoms with Crippen molar-refractivity contribution >= 4 is 28.9 Å². The number of anilines is 2. The molecule has 168 valence electrons. The summed E-state index contributed by atoms with van der Waals surface area (Å²) in [5.74, 6) is 0.0156. The number of methoxy groups -OCH3 is 1. The Bertz CT molecular complexity index is 1100. The normalized spacial score (nSPS) is 10.7. The molecule has 2 aromatic carbocycles. The van der Waals surface area contributed by atoms with E-state index >= 15 is 0 Å². The molecule has 0 saturated heterocycles. The predicted octanol–water partition coefficient (Wildman–Crippen LogP) is 5.04. The molecule has 0 aliphatic rings. The van der Waals surface area contributed by atoms with Gasteiger partial charge in [0, 0.05) is 29.5 Å². The Morgan fingerprint density at radius 3 is 2.72 bits per heavy atom. The second-order valence-corrected chi connectivity index (χ2v) is 6.97. The van der Waals surface area contributed by atoms with Crippen molar-refractivity contribution in [2.75, 3.05) is 18.2 Å². The van der Waals surface area contributed by atoms with Gasteiger partial charge in [0.2, 0.25) is 0 Å². The summed E-state index contributed by atoms with van der Waals surface area (Å²) in [5, 5.41) is 3.52. The first-order valence-electron chi connectivity index (χ1n) is 9.40. The van der Waals surface area contributed by atoms with E-state index < -0.39 is 12.6 Å². The fourth-order valence-electron chi connectivity index (χ4n) is 2.88. The number of nitrogens with two attached hydrogens (primary N) is 1. The number of nitrogen functional groups attached to an aromatic ring is 1. The molecule has 0 unspecified atom stereocenters. The first-order chi connectivity index (χ1) is 15.4. The van der Waals surface area contributed by atoms with Crippen LogP contribution in [0.5, 0.6) is 17.2 Å². The molecule has 0 spiro atoms. The second-order valence-electron chi connectivity index (χ2n) is 6.53. The maximum Gasteiger partial charge on any atom is 0.387 e. The molecule has 32 heavy (non-hydrogen) atoms. The molecule has 0 radical (unpaired) electrons. The van der Waals surface area contributed by atoms with Crippen molar-refractivity contribution in [3.05, 3.63) is 71.0 Å². The highest BCUT2D eigenvalue weighted by Crippen LogP contribution is 2.35. The molecule has 1 heterocycles. The minimum absolute atomic E-state index is 0.0419. The zero-order valence-corrected chi connectivity index (χ0v) is 17.7. The van der Waals surface area contributed by atoms with Gasteiger partial charge >= 0.3 is 12.6 Å².